The summed E-state index contributed by atoms with van der Waals surface area (Å²) in [5.74, 6) is -0.0835. The van der Waals surface area contributed by atoms with Crippen LogP contribution in [-0.2, 0) is 10.0 Å². The van der Waals surface area contributed by atoms with Crippen LogP contribution in [0.1, 0.15) is 5.56 Å². The Morgan fingerprint density at radius 1 is 1.16 bits per heavy atom. The van der Waals surface area contributed by atoms with Crippen LogP contribution in [0.25, 0.3) is 0 Å². The van der Waals surface area contributed by atoms with Gasteiger partial charge in [-0.05, 0) is 48.5 Å². The maximum absolute atomic E-state index is 13.8. The highest BCUT2D eigenvalue weighted by Crippen LogP contribution is 2.29. The monoisotopic (exact) mass is 478 g/mol. The Morgan fingerprint density at radius 2 is 1.88 bits per heavy atom. The van der Waals surface area contributed by atoms with E-state index in [2.05, 4.69) is 15.2 Å². The van der Waals surface area contributed by atoms with Crippen LogP contribution in [0.4, 0.5) is 21.5 Å². The molecule has 0 saturated carbocycles. The molecule has 3 aromatic carbocycles. The molecule has 0 aromatic heterocycles. The second kappa shape index (κ2) is 9.62. The first-order valence-electron chi connectivity index (χ1n) is 8.89. The minimum absolute atomic E-state index is 0.00721. The molecule has 166 valence electrons. The molecule has 0 unspecified atom stereocenters. The van der Waals surface area contributed by atoms with E-state index in [1.165, 1.54) is 49.6 Å². The molecule has 9 nitrogen and oxygen atoms in total. The number of anilines is 2. The largest absolute Gasteiger partial charge is 0.497 e. The average Bonchev–Trinajstić information content (AvgIpc) is 2.76. The number of nitro benzene ring substituents is 1. The van der Waals surface area contributed by atoms with Crippen LogP contribution in [0.15, 0.2) is 70.7 Å². The summed E-state index contributed by atoms with van der Waals surface area (Å²) in [7, 11) is -2.63. The fraction of sp³-hybridized carbons (Fsp3) is 0.0500. The number of rotatable bonds is 8. The van der Waals surface area contributed by atoms with Gasteiger partial charge in [0, 0.05) is 17.3 Å². The normalized spacial score (nSPS) is 11.3. The van der Waals surface area contributed by atoms with Gasteiger partial charge in [-0.3, -0.25) is 20.3 Å². The van der Waals surface area contributed by atoms with Crippen molar-refractivity contribution >= 4 is 44.9 Å². The third-order valence-corrected chi connectivity index (χ3v) is 5.91. The third-order valence-electron chi connectivity index (χ3n) is 4.20. The molecule has 0 fully saturated rings. The summed E-state index contributed by atoms with van der Waals surface area (Å²) in [4.78, 5) is 10.4. The van der Waals surface area contributed by atoms with Crippen molar-refractivity contribution in [2.24, 2.45) is 5.10 Å². The molecule has 12 heteroatoms. The van der Waals surface area contributed by atoms with Crippen molar-refractivity contribution in [2.45, 2.75) is 4.90 Å². The summed E-state index contributed by atoms with van der Waals surface area (Å²) in [5.41, 5.74) is 2.02. The van der Waals surface area contributed by atoms with Crippen molar-refractivity contribution in [3.8, 4) is 5.75 Å². The summed E-state index contributed by atoms with van der Waals surface area (Å²) in [6.07, 6.45) is 1.07. The molecule has 0 spiro atoms. The van der Waals surface area contributed by atoms with Crippen LogP contribution in [-0.4, -0.2) is 26.7 Å². The molecule has 0 aliphatic carbocycles. The van der Waals surface area contributed by atoms with E-state index in [9.17, 15) is 22.9 Å². The summed E-state index contributed by atoms with van der Waals surface area (Å²) < 4.78 is 46.4. The number of nitrogens with one attached hydrogen (secondary N) is 2. The van der Waals surface area contributed by atoms with Crippen molar-refractivity contribution in [1.82, 2.24) is 0 Å². The van der Waals surface area contributed by atoms with Gasteiger partial charge in [-0.15, -0.1) is 0 Å². The minimum Gasteiger partial charge on any atom is -0.497 e. The second-order valence-electron chi connectivity index (χ2n) is 6.28. The fourth-order valence-corrected chi connectivity index (χ4v) is 3.89. The van der Waals surface area contributed by atoms with Gasteiger partial charge in [0.1, 0.15) is 17.3 Å². The van der Waals surface area contributed by atoms with Crippen molar-refractivity contribution in [3.05, 3.63) is 87.2 Å². The first-order chi connectivity index (χ1) is 15.2. The minimum atomic E-state index is -4.11. The van der Waals surface area contributed by atoms with E-state index >= 15 is 0 Å². The Hall–Kier alpha value is -3.70. The molecule has 0 bridgehead atoms. The molecule has 2 N–H and O–H groups in total. The highest BCUT2D eigenvalue weighted by Gasteiger charge is 2.21. The zero-order chi connectivity index (χ0) is 23.3. The molecule has 32 heavy (non-hydrogen) atoms. The van der Waals surface area contributed by atoms with E-state index in [-0.39, 0.29) is 26.9 Å². The highest BCUT2D eigenvalue weighted by atomic mass is 35.5. The van der Waals surface area contributed by atoms with Gasteiger partial charge in [0.05, 0.1) is 28.2 Å². The number of ether oxygens (including phenoxy) is 1. The van der Waals surface area contributed by atoms with Crippen molar-refractivity contribution in [3.63, 3.8) is 0 Å². The summed E-state index contributed by atoms with van der Waals surface area (Å²) in [5, 5.41) is 15.4. The Bertz CT molecular complexity index is 1260. The summed E-state index contributed by atoms with van der Waals surface area (Å²) in [6, 6.07) is 13.4. The second-order valence-corrected chi connectivity index (χ2v) is 8.37. The predicted octanol–water partition coefficient (Wildman–Crippen LogP) is 4.64. The van der Waals surface area contributed by atoms with E-state index in [1.807, 2.05) is 0 Å². The topological polar surface area (TPSA) is 123 Å². The lowest BCUT2D eigenvalue weighted by Gasteiger charge is -2.10. The quantitative estimate of drug-likeness (QED) is 0.276. The number of sulfonamides is 1. The molecular formula is C20H16ClFN4O5S. The number of hydrogen-bond donors (Lipinski definition) is 2. The summed E-state index contributed by atoms with van der Waals surface area (Å²) >= 11 is 5.90. The Labute approximate surface area is 187 Å². The third kappa shape index (κ3) is 5.31. The zero-order valence-electron chi connectivity index (χ0n) is 16.5. The lowest BCUT2D eigenvalue weighted by atomic mass is 10.2. The molecule has 0 amide bonds. The van der Waals surface area contributed by atoms with Gasteiger partial charge in [-0.25, -0.2) is 12.8 Å². The molecular weight excluding hydrogens is 463 g/mol. The maximum atomic E-state index is 13.8. The summed E-state index contributed by atoms with van der Waals surface area (Å²) in [6.45, 7) is 0. The number of hydrogen-bond acceptors (Lipinski definition) is 7. The van der Waals surface area contributed by atoms with Gasteiger partial charge in [-0.2, -0.15) is 5.10 Å². The number of nitro groups is 1. The first-order valence-corrected chi connectivity index (χ1v) is 10.8. The Kier molecular flexibility index (Phi) is 6.91. The van der Waals surface area contributed by atoms with Crippen LogP contribution in [0, 0.1) is 15.9 Å². The maximum Gasteiger partial charge on any atom is 0.295 e. The predicted molar refractivity (Wildman–Crippen MR) is 120 cm³/mol. The Balaban J connectivity index is 1.85. The Morgan fingerprint density at radius 3 is 2.50 bits per heavy atom. The van der Waals surface area contributed by atoms with Gasteiger partial charge in [-0.1, -0.05) is 17.7 Å². The molecule has 0 radical (unpaired) electrons. The number of hydrazone groups is 1. The van der Waals surface area contributed by atoms with Crippen LogP contribution < -0.4 is 14.9 Å². The van der Waals surface area contributed by atoms with Gasteiger partial charge in [0.25, 0.3) is 15.7 Å². The smallest absolute Gasteiger partial charge is 0.295 e. The average molecular weight is 479 g/mol. The molecule has 0 heterocycles. The lowest BCUT2D eigenvalue weighted by molar-refractivity contribution is -0.384. The standard InChI is InChI=1S/C20H16ClFN4O5S/c1-31-14-7-5-13(6-8-14)25-32(29,30)15-9-10-19(20(11-15)26(27)28)24-23-12-16-17(21)3-2-4-18(16)22/h2-12,24-25H,1H3. The van der Waals surface area contributed by atoms with E-state index in [0.29, 0.717) is 5.75 Å². The van der Waals surface area contributed by atoms with Gasteiger partial charge < -0.3 is 4.74 Å². The van der Waals surface area contributed by atoms with E-state index in [0.717, 1.165) is 12.3 Å². The molecule has 3 rings (SSSR count). The molecule has 0 aliphatic heterocycles. The van der Waals surface area contributed by atoms with E-state index in [1.54, 1.807) is 12.1 Å². The van der Waals surface area contributed by atoms with Crippen molar-refractivity contribution in [2.75, 3.05) is 17.3 Å². The fourth-order valence-electron chi connectivity index (χ4n) is 2.60. The van der Waals surface area contributed by atoms with Crippen LogP contribution in [0.2, 0.25) is 5.02 Å². The van der Waals surface area contributed by atoms with Crippen LogP contribution in [0.3, 0.4) is 0 Å². The number of benzene rings is 3. The van der Waals surface area contributed by atoms with Gasteiger partial charge in [0.2, 0.25) is 0 Å². The number of methoxy groups -OCH3 is 1. The van der Waals surface area contributed by atoms with Crippen LogP contribution >= 0.6 is 11.6 Å². The number of halogens is 2. The molecule has 0 atom stereocenters. The van der Waals surface area contributed by atoms with Crippen molar-refractivity contribution in [1.29, 1.82) is 0 Å². The van der Waals surface area contributed by atoms with E-state index in [4.69, 9.17) is 16.3 Å². The molecule has 0 saturated heterocycles. The van der Waals surface area contributed by atoms with E-state index < -0.39 is 26.5 Å². The van der Waals surface area contributed by atoms with Crippen LogP contribution in [0.5, 0.6) is 5.75 Å². The van der Waals surface area contributed by atoms with Gasteiger partial charge >= 0.3 is 0 Å². The SMILES string of the molecule is COc1ccc(NS(=O)(=O)c2ccc(NN=Cc3c(F)cccc3Cl)c([N+](=O)[O-])c2)cc1. The lowest BCUT2D eigenvalue weighted by Crippen LogP contribution is -2.13. The van der Waals surface area contributed by atoms with Crippen molar-refractivity contribution < 1.29 is 22.5 Å². The molecule has 3 aromatic rings. The highest BCUT2D eigenvalue weighted by molar-refractivity contribution is 7.92. The zero-order valence-corrected chi connectivity index (χ0v) is 18.0. The number of nitrogens with zero attached hydrogens (tertiary/aromatic N) is 2. The molecule has 0 aliphatic rings. The first kappa shape index (κ1) is 23.0. The van der Waals surface area contributed by atoms with Gasteiger partial charge in [0.15, 0.2) is 0 Å².